The SMILES string of the molecule is N#Cc1ccc(-c2cc3c(nc(C=C4C(=O)c5cc(Cl)c(Cl)cc5C4=O)n3-c3ccccc3)o2)cc1. The number of nitriles is 1. The lowest BCUT2D eigenvalue weighted by atomic mass is 10.1. The molecule has 0 bridgehead atoms. The first-order chi connectivity index (χ1) is 17.4. The normalized spacial score (nSPS) is 12.8. The van der Waals surface area contributed by atoms with E-state index < -0.39 is 11.6 Å². The second-order valence-electron chi connectivity index (χ2n) is 8.16. The van der Waals surface area contributed by atoms with Gasteiger partial charge < -0.3 is 4.42 Å². The molecule has 0 spiro atoms. The van der Waals surface area contributed by atoms with E-state index in [1.807, 2.05) is 41.0 Å². The van der Waals surface area contributed by atoms with Crippen LogP contribution in [-0.4, -0.2) is 21.1 Å². The van der Waals surface area contributed by atoms with Gasteiger partial charge in [0.25, 0.3) is 0 Å². The van der Waals surface area contributed by atoms with Gasteiger partial charge in [-0.25, -0.2) is 0 Å². The molecule has 0 atom stereocenters. The second-order valence-corrected chi connectivity index (χ2v) is 8.97. The number of ketones is 2. The summed E-state index contributed by atoms with van der Waals surface area (Å²) in [6, 6.07) is 23.2. The topological polar surface area (TPSA) is 88.9 Å². The van der Waals surface area contributed by atoms with Crippen LogP contribution in [0.25, 0.3) is 34.3 Å². The maximum Gasteiger partial charge on any atom is 0.246 e. The summed E-state index contributed by atoms with van der Waals surface area (Å²) in [4.78, 5) is 30.8. The molecule has 1 aliphatic carbocycles. The van der Waals surface area contributed by atoms with Crippen LogP contribution in [0.1, 0.15) is 32.1 Å². The van der Waals surface area contributed by atoms with E-state index in [4.69, 9.17) is 32.9 Å². The van der Waals surface area contributed by atoms with Gasteiger partial charge >= 0.3 is 0 Å². The number of carbonyl (C=O) groups is 2. The van der Waals surface area contributed by atoms with Crippen LogP contribution in [0.2, 0.25) is 10.0 Å². The maximum atomic E-state index is 13.1. The van der Waals surface area contributed by atoms with Gasteiger partial charge in [0.1, 0.15) is 17.1 Å². The van der Waals surface area contributed by atoms with E-state index in [-0.39, 0.29) is 26.7 Å². The van der Waals surface area contributed by atoms with Gasteiger partial charge in [-0.1, -0.05) is 41.4 Å². The third-order valence-electron chi connectivity index (χ3n) is 6.00. The zero-order chi connectivity index (χ0) is 25.0. The summed E-state index contributed by atoms with van der Waals surface area (Å²) in [6.45, 7) is 0. The van der Waals surface area contributed by atoms with Gasteiger partial charge in [0, 0.05) is 28.4 Å². The number of hydrogen-bond donors (Lipinski definition) is 0. The number of carbonyl (C=O) groups excluding carboxylic acids is 2. The minimum atomic E-state index is -0.439. The van der Waals surface area contributed by atoms with Crippen molar-refractivity contribution in [2.75, 3.05) is 0 Å². The lowest BCUT2D eigenvalue weighted by molar-refractivity contribution is 0.0990. The number of Topliss-reactive ketones (excluding diaryl/α,β-unsaturated/α-hetero) is 2. The van der Waals surface area contributed by atoms with Crippen molar-refractivity contribution in [3.8, 4) is 23.1 Å². The molecule has 0 radical (unpaired) electrons. The number of rotatable bonds is 3. The third-order valence-corrected chi connectivity index (χ3v) is 6.73. The number of allylic oxidation sites excluding steroid dienone is 1. The fraction of sp³-hybridized carbons (Fsp3) is 0. The molecule has 3 aromatic carbocycles. The quantitative estimate of drug-likeness (QED) is 0.194. The molecule has 0 unspecified atom stereocenters. The van der Waals surface area contributed by atoms with Crippen molar-refractivity contribution in [1.82, 2.24) is 9.55 Å². The molecule has 2 aromatic heterocycles. The van der Waals surface area contributed by atoms with Crippen LogP contribution in [0.4, 0.5) is 0 Å². The molecule has 6 rings (SSSR count). The van der Waals surface area contributed by atoms with E-state index >= 15 is 0 Å². The largest absolute Gasteiger partial charge is 0.436 e. The maximum absolute atomic E-state index is 13.1. The number of furan rings is 1. The summed E-state index contributed by atoms with van der Waals surface area (Å²) in [7, 11) is 0. The number of para-hydroxylation sites is 1. The van der Waals surface area contributed by atoms with Crippen LogP contribution in [0.15, 0.2) is 82.8 Å². The number of halogens is 2. The highest BCUT2D eigenvalue weighted by atomic mass is 35.5. The molecule has 2 heterocycles. The first-order valence-electron chi connectivity index (χ1n) is 10.8. The first kappa shape index (κ1) is 22.1. The standard InChI is InChI=1S/C28H13Cl2N3O3/c29-21-10-18-19(11-22(21)30)27(35)20(26(18)34)12-25-32-28-23(33(25)17-4-2-1-3-5-17)13-24(36-28)16-8-6-15(14-31)7-9-16/h1-13H. The Morgan fingerprint density at radius 1 is 0.889 bits per heavy atom. The molecule has 0 amide bonds. The van der Waals surface area contributed by atoms with Crippen molar-refractivity contribution in [3.63, 3.8) is 0 Å². The molecule has 36 heavy (non-hydrogen) atoms. The first-order valence-corrected chi connectivity index (χ1v) is 11.6. The van der Waals surface area contributed by atoms with Crippen molar-refractivity contribution < 1.29 is 14.0 Å². The van der Waals surface area contributed by atoms with Gasteiger partial charge in [0.15, 0.2) is 11.6 Å². The van der Waals surface area contributed by atoms with E-state index in [2.05, 4.69) is 11.1 Å². The Labute approximate surface area is 214 Å². The van der Waals surface area contributed by atoms with Crippen LogP contribution in [0.3, 0.4) is 0 Å². The molecular formula is C28H13Cl2N3O3. The predicted molar refractivity (Wildman–Crippen MR) is 137 cm³/mol. The van der Waals surface area contributed by atoms with Crippen LogP contribution >= 0.6 is 23.2 Å². The fourth-order valence-corrected chi connectivity index (χ4v) is 4.59. The Morgan fingerprint density at radius 2 is 1.53 bits per heavy atom. The predicted octanol–water partition coefficient (Wildman–Crippen LogP) is 6.93. The number of hydrogen-bond acceptors (Lipinski definition) is 5. The minimum absolute atomic E-state index is 0.0273. The summed E-state index contributed by atoms with van der Waals surface area (Å²) in [5.41, 5.74) is 3.51. The van der Waals surface area contributed by atoms with Gasteiger partial charge in [-0.15, -0.1) is 0 Å². The molecule has 0 aliphatic heterocycles. The Kier molecular flexibility index (Phi) is 5.11. The minimum Gasteiger partial charge on any atom is -0.436 e. The average molecular weight is 510 g/mol. The molecule has 0 N–H and O–H groups in total. The molecule has 5 aromatic rings. The zero-order valence-electron chi connectivity index (χ0n) is 18.3. The monoisotopic (exact) mass is 509 g/mol. The van der Waals surface area contributed by atoms with Crippen LogP contribution in [0, 0.1) is 11.3 Å². The molecular weight excluding hydrogens is 497 g/mol. The number of imidazole rings is 1. The van der Waals surface area contributed by atoms with Crippen molar-refractivity contribution >= 4 is 52.1 Å². The second kappa shape index (κ2) is 8.35. The van der Waals surface area contributed by atoms with Gasteiger partial charge in [-0.2, -0.15) is 10.2 Å². The van der Waals surface area contributed by atoms with E-state index in [9.17, 15) is 9.59 Å². The highest BCUT2D eigenvalue weighted by Gasteiger charge is 2.34. The molecule has 6 nitrogen and oxygen atoms in total. The van der Waals surface area contributed by atoms with Crippen LogP contribution in [-0.2, 0) is 0 Å². The van der Waals surface area contributed by atoms with Crippen LogP contribution < -0.4 is 0 Å². The van der Waals surface area contributed by atoms with Gasteiger partial charge in [-0.3, -0.25) is 14.2 Å². The smallest absolute Gasteiger partial charge is 0.246 e. The Hall–Kier alpha value is -4.44. The number of aromatic nitrogens is 2. The average Bonchev–Trinajstić information content (AvgIpc) is 3.52. The number of benzene rings is 3. The van der Waals surface area contributed by atoms with E-state index in [1.165, 1.54) is 18.2 Å². The van der Waals surface area contributed by atoms with Gasteiger partial charge in [0.05, 0.1) is 27.3 Å². The Morgan fingerprint density at radius 3 is 2.14 bits per heavy atom. The molecule has 0 fully saturated rings. The molecule has 1 aliphatic rings. The molecule has 172 valence electrons. The lowest BCUT2D eigenvalue weighted by Crippen LogP contribution is -2.03. The van der Waals surface area contributed by atoms with E-state index in [0.717, 1.165) is 11.3 Å². The van der Waals surface area contributed by atoms with Crippen molar-refractivity contribution in [2.24, 2.45) is 0 Å². The Bertz CT molecular complexity index is 1750. The Balaban J connectivity index is 1.51. The summed E-state index contributed by atoms with van der Waals surface area (Å²) < 4.78 is 7.85. The summed E-state index contributed by atoms with van der Waals surface area (Å²) in [5, 5.41) is 9.47. The lowest BCUT2D eigenvalue weighted by Gasteiger charge is -2.06. The van der Waals surface area contributed by atoms with E-state index in [1.54, 1.807) is 24.3 Å². The highest BCUT2D eigenvalue weighted by Crippen LogP contribution is 2.36. The summed E-state index contributed by atoms with van der Waals surface area (Å²) in [6.07, 6.45) is 1.47. The van der Waals surface area contributed by atoms with Gasteiger partial charge in [0.2, 0.25) is 5.71 Å². The van der Waals surface area contributed by atoms with Crippen LogP contribution in [0.5, 0.6) is 0 Å². The summed E-state index contributed by atoms with van der Waals surface area (Å²) >= 11 is 12.2. The molecule has 0 saturated carbocycles. The number of fused-ring (bicyclic) bond motifs is 2. The molecule has 0 saturated heterocycles. The van der Waals surface area contributed by atoms with Crippen molar-refractivity contribution in [2.45, 2.75) is 0 Å². The fourth-order valence-electron chi connectivity index (χ4n) is 4.26. The van der Waals surface area contributed by atoms with E-state index in [0.29, 0.717) is 28.4 Å². The third kappa shape index (κ3) is 3.45. The van der Waals surface area contributed by atoms with Crippen molar-refractivity contribution in [1.29, 1.82) is 5.26 Å². The zero-order valence-corrected chi connectivity index (χ0v) is 19.8. The highest BCUT2D eigenvalue weighted by molar-refractivity contribution is 6.46. The molecule has 8 heteroatoms. The number of nitrogens with zero attached hydrogens (tertiary/aromatic N) is 3. The van der Waals surface area contributed by atoms with Gasteiger partial charge in [-0.05, 0) is 54.6 Å². The summed E-state index contributed by atoms with van der Waals surface area (Å²) in [5.74, 6) is 0.0609. The van der Waals surface area contributed by atoms with Crippen molar-refractivity contribution in [3.05, 3.63) is 111 Å².